The van der Waals surface area contributed by atoms with Gasteiger partial charge in [0.1, 0.15) is 22.3 Å². The summed E-state index contributed by atoms with van der Waals surface area (Å²) in [5.41, 5.74) is -7.23. The third kappa shape index (κ3) is 5.12. The van der Waals surface area contributed by atoms with Crippen LogP contribution >= 0.6 is 11.3 Å². The molecule has 0 radical (unpaired) electrons. The minimum absolute atomic E-state index is 0.220. The van der Waals surface area contributed by atoms with Gasteiger partial charge in [0.25, 0.3) is 0 Å². The number of nitrogens with zero attached hydrogens (tertiary/aromatic N) is 3. The first-order chi connectivity index (χ1) is 40.3. The van der Waals surface area contributed by atoms with E-state index in [2.05, 4.69) is 15.0 Å². The van der Waals surface area contributed by atoms with Crippen molar-refractivity contribution in [3.05, 3.63) is 175 Å². The van der Waals surface area contributed by atoms with Crippen molar-refractivity contribution in [2.24, 2.45) is 0 Å². The molecule has 0 N–H and O–H groups in total. The minimum atomic E-state index is -0.989. The maximum absolute atomic E-state index is 10.2. The summed E-state index contributed by atoms with van der Waals surface area (Å²) in [5.74, 6) is -2.42. The molecule has 0 atom stereocenters. The van der Waals surface area contributed by atoms with Crippen LogP contribution in [-0.4, -0.2) is 15.0 Å². The molecule has 12 rings (SSSR count). The Morgan fingerprint density at radius 1 is 0.386 bits per heavy atom. The van der Waals surface area contributed by atoms with Gasteiger partial charge in [0.15, 0.2) is 17.5 Å². The van der Waals surface area contributed by atoms with E-state index in [1.165, 1.54) is 0 Å². The third-order valence-electron chi connectivity index (χ3n) is 8.88. The van der Waals surface area contributed by atoms with E-state index >= 15 is 0 Å². The highest BCUT2D eigenvalue weighted by atomic mass is 32.1. The average molecular weight is 777 g/mol. The molecule has 4 heterocycles. The van der Waals surface area contributed by atoms with Crippen LogP contribution in [0.1, 0.15) is 39.8 Å². The van der Waals surface area contributed by atoms with Crippen LogP contribution in [-0.2, 0) is 0 Å². The third-order valence-corrected chi connectivity index (χ3v) is 10.00. The largest absolute Gasteiger partial charge is 0.456 e. The number of aromatic nitrogens is 3. The minimum Gasteiger partial charge on any atom is -0.456 e. The van der Waals surface area contributed by atoms with E-state index in [9.17, 15) is 12.3 Å². The van der Waals surface area contributed by atoms with Crippen molar-refractivity contribution in [1.82, 2.24) is 15.0 Å². The first-order valence-corrected chi connectivity index (χ1v) is 17.4. The molecular formula is C51H29N3O2S. The summed E-state index contributed by atoms with van der Waals surface area (Å²) in [4.78, 5) is 12.8. The van der Waals surface area contributed by atoms with Crippen molar-refractivity contribution in [2.45, 2.75) is 0 Å². The lowest BCUT2D eigenvalue weighted by atomic mass is 9.93. The number of benzene rings is 8. The Kier molecular flexibility index (Phi) is 3.22. The number of thiophene rings is 1. The zero-order valence-corrected chi connectivity index (χ0v) is 28.9. The Hall–Kier alpha value is -7.41. The molecule has 0 saturated heterocycles. The van der Waals surface area contributed by atoms with Crippen LogP contribution in [0, 0.1) is 0 Å². The van der Waals surface area contributed by atoms with E-state index in [1.54, 1.807) is 0 Å². The molecule has 0 saturated carbocycles. The molecular weight excluding hydrogens is 719 g/mol. The van der Waals surface area contributed by atoms with E-state index in [0.29, 0.717) is 11.3 Å². The summed E-state index contributed by atoms with van der Waals surface area (Å²) in [6.07, 6.45) is 0. The molecule has 0 fully saturated rings. The van der Waals surface area contributed by atoms with Crippen LogP contribution in [0.2, 0.25) is 0 Å². The molecule has 266 valence electrons. The van der Waals surface area contributed by atoms with Gasteiger partial charge in [0.2, 0.25) is 0 Å². The van der Waals surface area contributed by atoms with Crippen molar-refractivity contribution in [3.8, 4) is 56.4 Å². The van der Waals surface area contributed by atoms with Gasteiger partial charge >= 0.3 is 0 Å². The first-order valence-electron chi connectivity index (χ1n) is 31.1. The lowest BCUT2D eigenvalue weighted by Gasteiger charge is -2.11. The van der Waals surface area contributed by atoms with Crippen molar-refractivity contribution in [3.63, 3.8) is 0 Å². The molecule has 0 unspecified atom stereocenters. The van der Waals surface area contributed by atoms with Crippen LogP contribution in [0.5, 0.6) is 0 Å². The highest BCUT2D eigenvalue weighted by molar-refractivity contribution is 7.26. The van der Waals surface area contributed by atoms with Gasteiger partial charge in [0, 0.05) is 69.5 Å². The Balaban J connectivity index is 1.25. The topological polar surface area (TPSA) is 65.0 Å². The maximum Gasteiger partial charge on any atom is 0.164 e. The van der Waals surface area contributed by atoms with Crippen molar-refractivity contribution in [1.29, 1.82) is 0 Å². The second-order valence-corrected chi connectivity index (χ2v) is 13.1. The Morgan fingerprint density at radius 2 is 1.02 bits per heavy atom. The Morgan fingerprint density at radius 3 is 1.81 bits per heavy atom. The lowest BCUT2D eigenvalue weighted by Crippen LogP contribution is -2.00. The molecule has 12 aromatic rings. The predicted molar refractivity (Wildman–Crippen MR) is 234 cm³/mol. The maximum atomic E-state index is 10.2. The van der Waals surface area contributed by atoms with E-state index in [4.69, 9.17) is 36.2 Å². The fraction of sp³-hybridized carbons (Fsp3) is 0. The van der Waals surface area contributed by atoms with Crippen LogP contribution in [0.15, 0.2) is 184 Å². The summed E-state index contributed by atoms with van der Waals surface area (Å²) < 4.78 is 271. The number of hydrogen-bond acceptors (Lipinski definition) is 6. The van der Waals surface area contributed by atoms with Gasteiger partial charge in [-0.1, -0.05) is 133 Å². The second kappa shape index (κ2) is 12.6. The monoisotopic (exact) mass is 776 g/mol. The number of hydrogen-bond donors (Lipinski definition) is 0. The van der Waals surface area contributed by atoms with Crippen LogP contribution in [0.4, 0.5) is 0 Å². The SMILES string of the molecule is [2H]c1c([2H])c([2H])c(-c2nc(-c3c([2H])c([2H])c([2H])c([2H])c3[2H])nc(-c3c([2H])c([2H])c4c(oc5c([2H])c([2H])c([2H])c(-c6c([2H])c(-c7c([2H])c([2H])c([2H])c8c7oc7c([2H])c([2H])c([2H])c([2H])c78)c([2H])c7c6sc6c([2H])c([2H])c([2H])c([2H])c67)c54)c3[2H])n2)c([2H])c1[2H]. The van der Waals surface area contributed by atoms with Gasteiger partial charge in [-0.05, 0) is 53.4 Å². The van der Waals surface area contributed by atoms with Crippen molar-refractivity contribution in [2.75, 3.05) is 0 Å². The highest BCUT2D eigenvalue weighted by Crippen LogP contribution is 2.47. The number of rotatable bonds is 5. The van der Waals surface area contributed by atoms with E-state index < -0.39 is 276 Å². The van der Waals surface area contributed by atoms with Gasteiger partial charge in [-0.25, -0.2) is 15.0 Å². The summed E-state index contributed by atoms with van der Waals surface area (Å²) in [7, 11) is 0. The van der Waals surface area contributed by atoms with Crippen LogP contribution in [0.3, 0.4) is 0 Å². The van der Waals surface area contributed by atoms with E-state index in [0.717, 1.165) is 0 Å². The standard InChI is InChI=1S/C51H29N3O2S/c1-3-13-30(14-4-1)49-52-50(31-15-5-2-6-16-31)54-51(53-49)32-25-26-39-44(29-32)55-43-23-12-20-37(46(39)43)41-28-33(27-40-36-18-8-10-24-45(36)57-48(40)41)34-19-11-21-38-35-17-7-9-22-42(35)56-47(34)38/h1-29H/i1D,2D,3D,4D,5D,6D,7D,8D,9D,10D,11D,12D,13D,14D,15D,16D,17D,18D,19D,20D,21D,22D,23D,24D,25D,26D,27D,28D,29D. The summed E-state index contributed by atoms with van der Waals surface area (Å²) in [6.45, 7) is 0. The molecule has 6 heteroatoms. The number of furan rings is 2. The van der Waals surface area contributed by atoms with Gasteiger partial charge in [0.05, 0.1) is 39.8 Å². The quantitative estimate of drug-likeness (QED) is 0.174. The molecule has 57 heavy (non-hydrogen) atoms. The molecule has 0 amide bonds. The predicted octanol–water partition coefficient (Wildman–Crippen LogP) is 14.4. The molecule has 5 nitrogen and oxygen atoms in total. The molecule has 4 aromatic heterocycles. The number of fused-ring (bicyclic) bond motifs is 9. The smallest absolute Gasteiger partial charge is 0.164 e. The van der Waals surface area contributed by atoms with Crippen LogP contribution in [0.25, 0.3) is 120 Å². The Bertz CT molecular complexity index is 5100. The van der Waals surface area contributed by atoms with Gasteiger partial charge in [-0.3, -0.25) is 0 Å². The second-order valence-electron chi connectivity index (χ2n) is 12.1. The normalized spacial score (nSPS) is 19.0. The average Bonchev–Trinajstić information content (AvgIpc) is 1.48. The molecule has 0 spiro atoms. The van der Waals surface area contributed by atoms with E-state index in [-0.39, 0.29) is 20.2 Å². The molecule has 0 aliphatic carbocycles. The summed E-state index contributed by atoms with van der Waals surface area (Å²) >= 11 is 0.591. The van der Waals surface area contributed by atoms with E-state index in [1.807, 2.05) is 0 Å². The molecule has 0 bridgehead atoms. The lowest BCUT2D eigenvalue weighted by molar-refractivity contribution is 0.669. The Labute approximate surface area is 370 Å². The number of para-hydroxylation sites is 2. The zero-order valence-electron chi connectivity index (χ0n) is 57.1. The van der Waals surface area contributed by atoms with Crippen LogP contribution < -0.4 is 0 Å². The van der Waals surface area contributed by atoms with Crippen molar-refractivity contribution < 1.29 is 48.6 Å². The van der Waals surface area contributed by atoms with Gasteiger partial charge < -0.3 is 8.83 Å². The molecule has 8 aromatic carbocycles. The van der Waals surface area contributed by atoms with Crippen molar-refractivity contribution >= 4 is 75.4 Å². The fourth-order valence-electron chi connectivity index (χ4n) is 6.44. The van der Waals surface area contributed by atoms with Gasteiger partial charge in [-0.2, -0.15) is 0 Å². The zero-order chi connectivity index (χ0) is 62.7. The first kappa shape index (κ1) is 14.6. The molecule has 0 aliphatic heterocycles. The summed E-state index contributed by atoms with van der Waals surface area (Å²) in [6, 6.07) is -24.3. The molecule has 0 aliphatic rings. The van der Waals surface area contributed by atoms with Gasteiger partial charge in [-0.15, -0.1) is 11.3 Å². The fourth-order valence-corrected chi connectivity index (χ4v) is 7.51. The summed E-state index contributed by atoms with van der Waals surface area (Å²) in [5, 5.41) is -2.68. The highest BCUT2D eigenvalue weighted by Gasteiger charge is 2.21.